The maximum Gasteiger partial charge on any atom is 0.274 e. The fourth-order valence-electron chi connectivity index (χ4n) is 1.95. The Labute approximate surface area is 99.0 Å². The van der Waals surface area contributed by atoms with E-state index in [1.807, 2.05) is 0 Å². The molecule has 0 aliphatic heterocycles. The molecule has 0 heterocycles. The number of nitro benzene ring substituents is 1. The van der Waals surface area contributed by atoms with Gasteiger partial charge in [0.05, 0.1) is 11.0 Å². The van der Waals surface area contributed by atoms with E-state index in [1.54, 1.807) is 0 Å². The number of benzene rings is 1. The lowest BCUT2D eigenvalue weighted by Gasteiger charge is -2.07. The minimum absolute atomic E-state index is 0.220. The van der Waals surface area contributed by atoms with E-state index in [1.165, 1.54) is 12.1 Å². The molecule has 0 aromatic heterocycles. The molecule has 1 aliphatic rings. The molecule has 0 bridgehead atoms. The van der Waals surface area contributed by atoms with E-state index >= 15 is 0 Å². The number of nitrogens with zero attached hydrogens (tertiary/aromatic N) is 1. The predicted octanol–water partition coefficient (Wildman–Crippen LogP) is 3.19. The second-order valence-electron chi connectivity index (χ2n) is 5.23. The van der Waals surface area contributed by atoms with Gasteiger partial charge in [0.25, 0.3) is 5.69 Å². The van der Waals surface area contributed by atoms with Crippen LogP contribution in [0.1, 0.15) is 20.3 Å². The molecule has 0 amide bonds. The van der Waals surface area contributed by atoms with Gasteiger partial charge in [-0.05, 0) is 23.8 Å². The van der Waals surface area contributed by atoms with Crippen molar-refractivity contribution in [1.29, 1.82) is 0 Å². The van der Waals surface area contributed by atoms with Crippen LogP contribution in [0.3, 0.4) is 0 Å². The van der Waals surface area contributed by atoms with E-state index in [9.17, 15) is 14.5 Å². The Hall–Kier alpha value is -1.65. The summed E-state index contributed by atoms with van der Waals surface area (Å²) in [4.78, 5) is 9.98. The third-order valence-corrected chi connectivity index (χ3v) is 3.36. The largest absolute Gasteiger partial charge is 0.384 e. The van der Waals surface area contributed by atoms with Crippen molar-refractivity contribution in [2.45, 2.75) is 20.3 Å². The molecule has 92 valence electrons. The molecule has 1 N–H and O–H groups in total. The Morgan fingerprint density at radius 2 is 2.18 bits per heavy atom. The first-order valence-electron chi connectivity index (χ1n) is 5.57. The van der Waals surface area contributed by atoms with Crippen LogP contribution in [0.25, 0.3) is 0 Å². The van der Waals surface area contributed by atoms with Gasteiger partial charge >= 0.3 is 0 Å². The number of nitro groups is 1. The fraction of sp³-hybridized carbons (Fsp3) is 0.500. The van der Waals surface area contributed by atoms with Crippen molar-refractivity contribution in [1.82, 2.24) is 0 Å². The summed E-state index contributed by atoms with van der Waals surface area (Å²) in [6.45, 7) is 5.08. The van der Waals surface area contributed by atoms with Crippen molar-refractivity contribution < 1.29 is 9.31 Å². The van der Waals surface area contributed by atoms with Gasteiger partial charge in [-0.3, -0.25) is 10.1 Å². The molecule has 4 nitrogen and oxygen atoms in total. The van der Waals surface area contributed by atoms with Gasteiger partial charge in [-0.15, -0.1) is 0 Å². The predicted molar refractivity (Wildman–Crippen MR) is 63.4 cm³/mol. The van der Waals surface area contributed by atoms with Crippen LogP contribution in [0.15, 0.2) is 18.2 Å². The van der Waals surface area contributed by atoms with Crippen LogP contribution in [0, 0.1) is 27.3 Å². The number of halogens is 1. The summed E-state index contributed by atoms with van der Waals surface area (Å²) >= 11 is 0. The lowest BCUT2D eigenvalue weighted by Crippen LogP contribution is -2.07. The standard InChI is InChI=1S/C12H15FN2O2/c1-12(2)6-8(12)7-14-10-3-9(13)4-11(5-10)15(16)17/h3-5,8,14H,6-7H2,1-2H3. The fourth-order valence-corrected chi connectivity index (χ4v) is 1.95. The number of rotatable bonds is 4. The normalized spacial score (nSPS) is 21.0. The van der Waals surface area contributed by atoms with Gasteiger partial charge in [0.2, 0.25) is 0 Å². The molecule has 1 unspecified atom stereocenters. The van der Waals surface area contributed by atoms with Gasteiger partial charge in [0.15, 0.2) is 0 Å². The molecule has 1 fully saturated rings. The Bertz CT molecular complexity index is 460. The van der Waals surface area contributed by atoms with Crippen LogP contribution in [-0.4, -0.2) is 11.5 Å². The van der Waals surface area contributed by atoms with Crippen LogP contribution in [0.5, 0.6) is 0 Å². The first kappa shape index (κ1) is 11.8. The Morgan fingerprint density at radius 1 is 1.53 bits per heavy atom. The lowest BCUT2D eigenvalue weighted by molar-refractivity contribution is -0.385. The zero-order valence-corrected chi connectivity index (χ0v) is 9.87. The molecule has 0 spiro atoms. The molecule has 1 saturated carbocycles. The quantitative estimate of drug-likeness (QED) is 0.647. The van der Waals surface area contributed by atoms with Crippen molar-refractivity contribution >= 4 is 11.4 Å². The molecular formula is C12H15FN2O2. The maximum absolute atomic E-state index is 13.1. The molecule has 1 aliphatic carbocycles. The smallest absolute Gasteiger partial charge is 0.274 e. The highest BCUT2D eigenvalue weighted by Crippen LogP contribution is 2.51. The van der Waals surface area contributed by atoms with Gasteiger partial charge < -0.3 is 5.32 Å². The summed E-state index contributed by atoms with van der Waals surface area (Å²) in [6.07, 6.45) is 1.14. The van der Waals surface area contributed by atoms with E-state index in [4.69, 9.17) is 0 Å². The number of hydrogen-bond acceptors (Lipinski definition) is 3. The summed E-state index contributed by atoms with van der Waals surface area (Å²) in [5, 5.41) is 13.6. The van der Waals surface area contributed by atoms with E-state index in [2.05, 4.69) is 19.2 Å². The molecule has 1 aromatic rings. The van der Waals surface area contributed by atoms with Crippen LogP contribution in [0.4, 0.5) is 15.8 Å². The van der Waals surface area contributed by atoms with Crippen LogP contribution < -0.4 is 5.32 Å². The van der Waals surface area contributed by atoms with Crippen LogP contribution in [0.2, 0.25) is 0 Å². The maximum atomic E-state index is 13.1. The van der Waals surface area contributed by atoms with Crippen molar-refractivity contribution in [2.24, 2.45) is 11.3 Å². The molecular weight excluding hydrogens is 223 g/mol. The van der Waals surface area contributed by atoms with Gasteiger partial charge in [0.1, 0.15) is 5.82 Å². The lowest BCUT2D eigenvalue weighted by atomic mass is 10.1. The van der Waals surface area contributed by atoms with Crippen LogP contribution in [-0.2, 0) is 0 Å². The summed E-state index contributed by atoms with van der Waals surface area (Å²) in [7, 11) is 0. The molecule has 0 radical (unpaired) electrons. The topological polar surface area (TPSA) is 55.2 Å². The second kappa shape index (κ2) is 3.98. The van der Waals surface area contributed by atoms with Crippen molar-refractivity contribution in [2.75, 3.05) is 11.9 Å². The third kappa shape index (κ3) is 2.72. The zero-order valence-electron chi connectivity index (χ0n) is 9.87. The Balaban J connectivity index is 2.03. The van der Waals surface area contributed by atoms with E-state index in [0.717, 1.165) is 19.0 Å². The summed E-state index contributed by atoms with van der Waals surface area (Å²) in [5.74, 6) is -0.0263. The van der Waals surface area contributed by atoms with E-state index < -0.39 is 10.7 Å². The Kier molecular flexibility index (Phi) is 2.77. The molecule has 5 heteroatoms. The number of non-ortho nitro benzene ring substituents is 1. The van der Waals surface area contributed by atoms with Crippen molar-refractivity contribution in [3.8, 4) is 0 Å². The summed E-state index contributed by atoms with van der Waals surface area (Å²) in [6, 6.07) is 3.56. The first-order valence-corrected chi connectivity index (χ1v) is 5.57. The third-order valence-electron chi connectivity index (χ3n) is 3.36. The number of anilines is 1. The minimum atomic E-state index is -0.588. The van der Waals surface area contributed by atoms with Crippen LogP contribution >= 0.6 is 0 Å². The number of hydrogen-bond donors (Lipinski definition) is 1. The summed E-state index contributed by atoms with van der Waals surface area (Å²) in [5.41, 5.74) is 0.591. The molecule has 1 atom stereocenters. The van der Waals surface area contributed by atoms with Crippen molar-refractivity contribution in [3.05, 3.63) is 34.1 Å². The van der Waals surface area contributed by atoms with Gasteiger partial charge in [-0.25, -0.2) is 4.39 Å². The van der Waals surface area contributed by atoms with Gasteiger partial charge in [-0.2, -0.15) is 0 Å². The van der Waals surface area contributed by atoms with Crippen molar-refractivity contribution in [3.63, 3.8) is 0 Å². The molecule has 17 heavy (non-hydrogen) atoms. The second-order valence-corrected chi connectivity index (χ2v) is 5.23. The monoisotopic (exact) mass is 238 g/mol. The highest BCUT2D eigenvalue weighted by atomic mass is 19.1. The number of nitrogens with one attached hydrogen (secondary N) is 1. The highest BCUT2D eigenvalue weighted by molar-refractivity contribution is 5.51. The molecule has 0 saturated heterocycles. The Morgan fingerprint density at radius 3 is 2.71 bits per heavy atom. The first-order chi connectivity index (χ1) is 7.88. The minimum Gasteiger partial charge on any atom is -0.384 e. The van der Waals surface area contributed by atoms with E-state index in [0.29, 0.717) is 17.0 Å². The summed E-state index contributed by atoms with van der Waals surface area (Å²) < 4.78 is 13.1. The molecule has 2 rings (SSSR count). The highest BCUT2D eigenvalue weighted by Gasteiger charge is 2.44. The SMILES string of the molecule is CC1(C)CC1CNc1cc(F)cc([N+](=O)[O-])c1. The molecule has 1 aromatic carbocycles. The van der Waals surface area contributed by atoms with Gasteiger partial charge in [0, 0.05) is 18.3 Å². The van der Waals surface area contributed by atoms with E-state index in [-0.39, 0.29) is 5.69 Å². The van der Waals surface area contributed by atoms with Gasteiger partial charge in [-0.1, -0.05) is 13.8 Å². The average Bonchev–Trinajstić information content (AvgIpc) is 2.83. The zero-order chi connectivity index (χ0) is 12.6. The average molecular weight is 238 g/mol.